The van der Waals surface area contributed by atoms with Crippen LogP contribution >= 0.6 is 11.3 Å². The number of ether oxygens (including phenoxy) is 1. The van der Waals surface area contributed by atoms with Crippen LogP contribution in [0.2, 0.25) is 0 Å². The van der Waals surface area contributed by atoms with E-state index in [1.54, 1.807) is 17.9 Å². The molecule has 0 unspecified atom stereocenters. The highest BCUT2D eigenvalue weighted by molar-refractivity contribution is 7.22. The molecule has 7 heteroatoms. The Labute approximate surface area is 155 Å². The first-order valence-electron chi connectivity index (χ1n) is 8.76. The van der Waals surface area contributed by atoms with Gasteiger partial charge in [-0.05, 0) is 44.7 Å². The zero-order valence-corrected chi connectivity index (χ0v) is 15.9. The van der Waals surface area contributed by atoms with E-state index in [0.717, 1.165) is 40.8 Å². The zero-order valence-electron chi connectivity index (χ0n) is 15.1. The average molecular weight is 371 g/mol. The predicted molar refractivity (Wildman–Crippen MR) is 101 cm³/mol. The lowest BCUT2D eigenvalue weighted by molar-refractivity contribution is 0.0887. The number of hydrogen-bond acceptors (Lipinski definition) is 6. The molecule has 1 amide bonds. The van der Waals surface area contributed by atoms with Gasteiger partial charge in [-0.15, -0.1) is 0 Å². The second-order valence-corrected chi connectivity index (χ2v) is 7.73. The minimum atomic E-state index is -0.226. The molecule has 0 spiro atoms. The molecule has 3 aromatic rings. The molecule has 6 nitrogen and oxygen atoms in total. The quantitative estimate of drug-likeness (QED) is 0.692. The summed E-state index contributed by atoms with van der Waals surface area (Å²) in [5.41, 5.74) is 3.90. The Morgan fingerprint density at radius 1 is 1.31 bits per heavy atom. The van der Waals surface area contributed by atoms with E-state index in [1.807, 2.05) is 6.92 Å². The van der Waals surface area contributed by atoms with Crippen molar-refractivity contribution in [2.45, 2.75) is 39.7 Å². The number of aromatic nitrogens is 2. The largest absolute Gasteiger partial charge is 0.376 e. The lowest BCUT2D eigenvalue weighted by atomic mass is 10.1. The van der Waals surface area contributed by atoms with Crippen molar-refractivity contribution >= 4 is 32.6 Å². The molecule has 1 fully saturated rings. The van der Waals surface area contributed by atoms with Crippen molar-refractivity contribution in [2.75, 3.05) is 18.1 Å². The molecule has 1 atom stereocenters. The van der Waals surface area contributed by atoms with Gasteiger partial charge < -0.3 is 9.26 Å². The van der Waals surface area contributed by atoms with E-state index in [4.69, 9.17) is 14.2 Å². The SMILES string of the molecule is Cc1cc(C(=O)N(C[C@H]2CCCO2)c2nc3c(C)ccc(C)c3s2)on1. The number of amides is 1. The van der Waals surface area contributed by atoms with E-state index >= 15 is 0 Å². The number of carbonyl (C=O) groups is 1. The molecule has 0 radical (unpaired) electrons. The van der Waals surface area contributed by atoms with E-state index in [1.165, 1.54) is 11.3 Å². The molecule has 0 aliphatic carbocycles. The number of nitrogens with zero attached hydrogens (tertiary/aromatic N) is 3. The second-order valence-electron chi connectivity index (χ2n) is 6.76. The van der Waals surface area contributed by atoms with Gasteiger partial charge in [-0.2, -0.15) is 0 Å². The van der Waals surface area contributed by atoms with Crippen molar-refractivity contribution in [3.05, 3.63) is 40.8 Å². The number of hydrogen-bond donors (Lipinski definition) is 0. The summed E-state index contributed by atoms with van der Waals surface area (Å²) in [6.45, 7) is 7.12. The number of fused-ring (bicyclic) bond motifs is 1. The normalized spacial score (nSPS) is 17.1. The van der Waals surface area contributed by atoms with Gasteiger partial charge in [0.2, 0.25) is 5.76 Å². The predicted octanol–water partition coefficient (Wildman–Crippen LogP) is 4.04. The molecule has 1 aliphatic rings. The molecular weight excluding hydrogens is 350 g/mol. The van der Waals surface area contributed by atoms with Crippen LogP contribution in [0, 0.1) is 20.8 Å². The third-order valence-corrected chi connectivity index (χ3v) is 5.87. The van der Waals surface area contributed by atoms with Crippen LogP contribution in [-0.2, 0) is 4.74 Å². The molecule has 1 aromatic carbocycles. The second kappa shape index (κ2) is 6.81. The van der Waals surface area contributed by atoms with Gasteiger partial charge in [-0.25, -0.2) is 4.98 Å². The van der Waals surface area contributed by atoms with Crippen LogP contribution in [0.15, 0.2) is 22.7 Å². The number of thiazole rings is 1. The van der Waals surface area contributed by atoms with Crippen molar-refractivity contribution in [1.29, 1.82) is 0 Å². The van der Waals surface area contributed by atoms with Crippen LogP contribution in [0.4, 0.5) is 5.13 Å². The maximum Gasteiger partial charge on any atom is 0.298 e. The first kappa shape index (κ1) is 17.2. The van der Waals surface area contributed by atoms with E-state index in [0.29, 0.717) is 17.4 Å². The van der Waals surface area contributed by atoms with Crippen molar-refractivity contribution in [1.82, 2.24) is 10.1 Å². The molecule has 1 aliphatic heterocycles. The van der Waals surface area contributed by atoms with E-state index in [-0.39, 0.29) is 17.8 Å². The van der Waals surface area contributed by atoms with E-state index in [2.05, 4.69) is 24.2 Å². The lowest BCUT2D eigenvalue weighted by Gasteiger charge is -2.21. The standard InChI is InChI=1S/C19H21N3O3S/c1-11-6-7-12(2)17-16(11)20-19(26-17)22(10-14-5-4-8-24-14)18(23)15-9-13(3)21-25-15/h6-7,9,14H,4-5,8,10H2,1-3H3/t14-/m1/s1. The Morgan fingerprint density at radius 2 is 2.12 bits per heavy atom. The fourth-order valence-corrected chi connectivity index (χ4v) is 4.32. The minimum Gasteiger partial charge on any atom is -0.376 e. The summed E-state index contributed by atoms with van der Waals surface area (Å²) < 4.78 is 12.1. The number of aryl methyl sites for hydroxylation is 3. The fraction of sp³-hybridized carbons (Fsp3) is 0.421. The average Bonchev–Trinajstić information content (AvgIpc) is 3.35. The Balaban J connectivity index is 1.75. The maximum atomic E-state index is 13.1. The number of carbonyl (C=O) groups excluding carboxylic acids is 1. The smallest absolute Gasteiger partial charge is 0.298 e. The van der Waals surface area contributed by atoms with Crippen LogP contribution in [0.3, 0.4) is 0 Å². The zero-order chi connectivity index (χ0) is 18.3. The Hall–Kier alpha value is -2.25. The summed E-state index contributed by atoms with van der Waals surface area (Å²) in [5.74, 6) is 0.00339. The van der Waals surface area contributed by atoms with Gasteiger partial charge in [0.05, 0.1) is 28.6 Å². The maximum absolute atomic E-state index is 13.1. The summed E-state index contributed by atoms with van der Waals surface area (Å²) in [6.07, 6.45) is 1.99. The van der Waals surface area contributed by atoms with Crippen LogP contribution in [0.5, 0.6) is 0 Å². The molecule has 0 saturated carbocycles. The van der Waals surface area contributed by atoms with Gasteiger partial charge in [0.25, 0.3) is 5.91 Å². The van der Waals surface area contributed by atoms with Crippen molar-refractivity contribution < 1.29 is 14.1 Å². The van der Waals surface area contributed by atoms with Crippen LogP contribution in [0.25, 0.3) is 10.2 Å². The monoisotopic (exact) mass is 371 g/mol. The van der Waals surface area contributed by atoms with Gasteiger partial charge in [0.1, 0.15) is 0 Å². The molecule has 3 heterocycles. The molecule has 4 rings (SSSR count). The van der Waals surface area contributed by atoms with Gasteiger partial charge in [-0.1, -0.05) is 28.6 Å². The summed E-state index contributed by atoms with van der Waals surface area (Å²) >= 11 is 1.54. The fourth-order valence-electron chi connectivity index (χ4n) is 3.20. The van der Waals surface area contributed by atoms with Gasteiger partial charge in [0.15, 0.2) is 5.13 Å². The third-order valence-electron chi connectivity index (χ3n) is 4.66. The van der Waals surface area contributed by atoms with Crippen molar-refractivity contribution in [3.8, 4) is 0 Å². The van der Waals surface area contributed by atoms with Gasteiger partial charge in [0, 0.05) is 12.7 Å². The Kier molecular flexibility index (Phi) is 4.50. The minimum absolute atomic E-state index is 0.0252. The number of anilines is 1. The van der Waals surface area contributed by atoms with Crippen molar-refractivity contribution in [2.24, 2.45) is 0 Å². The lowest BCUT2D eigenvalue weighted by Crippen LogP contribution is -2.37. The Bertz CT molecular complexity index is 917. The third kappa shape index (κ3) is 3.12. The summed E-state index contributed by atoms with van der Waals surface area (Å²) in [6, 6.07) is 5.81. The van der Waals surface area contributed by atoms with Crippen molar-refractivity contribution in [3.63, 3.8) is 0 Å². The molecule has 1 saturated heterocycles. The molecule has 26 heavy (non-hydrogen) atoms. The number of rotatable bonds is 4. The van der Waals surface area contributed by atoms with Crippen LogP contribution in [0.1, 0.15) is 40.2 Å². The molecule has 136 valence electrons. The first-order chi connectivity index (χ1) is 12.5. The molecule has 0 bridgehead atoms. The molecule has 2 aromatic heterocycles. The first-order valence-corrected chi connectivity index (χ1v) is 9.58. The highest BCUT2D eigenvalue weighted by Gasteiger charge is 2.29. The van der Waals surface area contributed by atoms with E-state index < -0.39 is 0 Å². The molecular formula is C19H21N3O3S. The van der Waals surface area contributed by atoms with Gasteiger partial charge >= 0.3 is 0 Å². The Morgan fingerprint density at radius 3 is 2.77 bits per heavy atom. The topological polar surface area (TPSA) is 68.5 Å². The molecule has 0 N–H and O–H groups in total. The number of benzene rings is 1. The summed E-state index contributed by atoms with van der Waals surface area (Å²) in [5, 5.41) is 4.52. The highest BCUT2D eigenvalue weighted by atomic mass is 32.1. The summed E-state index contributed by atoms with van der Waals surface area (Å²) in [7, 11) is 0. The summed E-state index contributed by atoms with van der Waals surface area (Å²) in [4.78, 5) is 19.6. The van der Waals surface area contributed by atoms with Gasteiger partial charge in [-0.3, -0.25) is 9.69 Å². The van der Waals surface area contributed by atoms with E-state index in [9.17, 15) is 4.79 Å². The highest BCUT2D eigenvalue weighted by Crippen LogP contribution is 2.34. The van der Waals surface area contributed by atoms with Crippen LogP contribution < -0.4 is 4.90 Å². The van der Waals surface area contributed by atoms with Crippen LogP contribution in [-0.4, -0.2) is 35.3 Å².